The molecule has 258 valence electrons. The number of aromatic nitrogens is 1. The maximum atomic E-state index is 14.2. The average Bonchev–Trinajstić information content (AvgIpc) is 3.40. The smallest absolute Gasteiger partial charge is 0.343 e. The SMILES string of the molecule is CCOC(=O)C1=C(C)N=c2s/c(=C\c3cc(Br)c(OCc4ccccc4C#N)c(Br)c3)c(=O)n2[C@@H]1c1ccc(OCC(=O)OC)c(OCC)c1. The molecule has 0 saturated heterocycles. The number of carbonyl (C=O) groups excluding carboxylic acids is 2. The zero-order valence-electron chi connectivity index (χ0n) is 27.5. The van der Waals surface area contributed by atoms with Gasteiger partial charge in [0.2, 0.25) is 0 Å². The van der Waals surface area contributed by atoms with Gasteiger partial charge in [-0.25, -0.2) is 14.6 Å². The summed E-state index contributed by atoms with van der Waals surface area (Å²) >= 11 is 8.36. The van der Waals surface area contributed by atoms with Gasteiger partial charge in [0.25, 0.3) is 5.56 Å². The topological polar surface area (TPSA) is 138 Å². The number of fused-ring (bicyclic) bond motifs is 1. The van der Waals surface area contributed by atoms with Crippen molar-refractivity contribution in [2.45, 2.75) is 33.4 Å². The maximum absolute atomic E-state index is 14.2. The van der Waals surface area contributed by atoms with E-state index >= 15 is 0 Å². The number of esters is 2. The molecule has 0 unspecified atom stereocenters. The summed E-state index contributed by atoms with van der Waals surface area (Å²) in [6, 6.07) is 17.1. The van der Waals surface area contributed by atoms with Crippen molar-refractivity contribution in [2.24, 2.45) is 4.99 Å². The molecule has 4 aromatic rings. The van der Waals surface area contributed by atoms with Crippen molar-refractivity contribution in [3.63, 3.8) is 0 Å². The van der Waals surface area contributed by atoms with E-state index in [1.807, 2.05) is 24.3 Å². The molecule has 14 heteroatoms. The van der Waals surface area contributed by atoms with Crippen LogP contribution in [-0.2, 0) is 25.7 Å². The van der Waals surface area contributed by atoms with Crippen molar-refractivity contribution >= 4 is 61.2 Å². The second-order valence-corrected chi connectivity index (χ2v) is 13.4. The van der Waals surface area contributed by atoms with Crippen molar-refractivity contribution in [1.82, 2.24) is 4.57 Å². The second-order valence-electron chi connectivity index (χ2n) is 10.7. The van der Waals surface area contributed by atoms with Crippen molar-refractivity contribution in [3.05, 3.63) is 117 Å². The van der Waals surface area contributed by atoms with Gasteiger partial charge in [-0.1, -0.05) is 35.6 Å². The summed E-state index contributed by atoms with van der Waals surface area (Å²) in [5, 5.41) is 9.42. The highest BCUT2D eigenvalue weighted by atomic mass is 79.9. The first-order valence-corrected chi connectivity index (χ1v) is 17.8. The number of carbonyl (C=O) groups is 2. The van der Waals surface area contributed by atoms with Crippen molar-refractivity contribution < 1.29 is 33.3 Å². The summed E-state index contributed by atoms with van der Waals surface area (Å²) in [5.74, 6) is -0.00546. The molecule has 0 N–H and O–H groups in total. The van der Waals surface area contributed by atoms with E-state index in [1.54, 1.807) is 57.2 Å². The lowest BCUT2D eigenvalue weighted by atomic mass is 9.95. The molecule has 5 rings (SSSR count). The van der Waals surface area contributed by atoms with E-state index in [4.69, 9.17) is 18.9 Å². The van der Waals surface area contributed by atoms with Crippen molar-refractivity contribution in [2.75, 3.05) is 26.9 Å². The fourth-order valence-electron chi connectivity index (χ4n) is 5.24. The lowest BCUT2D eigenvalue weighted by molar-refractivity contribution is -0.143. The summed E-state index contributed by atoms with van der Waals surface area (Å²) in [7, 11) is 1.26. The molecular weight excluding hydrogens is 794 g/mol. The molecule has 1 atom stereocenters. The molecule has 0 aliphatic carbocycles. The number of thiazole rings is 1. The Bertz CT molecular complexity index is 2200. The highest BCUT2D eigenvalue weighted by Crippen LogP contribution is 2.37. The first-order valence-electron chi connectivity index (χ1n) is 15.4. The Kier molecular flexibility index (Phi) is 11.9. The standard InChI is InChI=1S/C36H31Br2N3O8S/c1-5-46-28-16-22(11-12-27(28)48-19-30(42)45-4)32-31(35(44)47-6-2)20(3)40-36-41(32)34(43)29(50-36)15-21-13-25(37)33(26(38)14-21)49-18-24-10-8-7-9-23(24)17-39/h7-16,32H,5-6,18-19H2,1-4H3/b29-15-/t32-/m1/s1. The average molecular weight is 826 g/mol. The van der Waals surface area contributed by atoms with E-state index in [1.165, 1.54) is 23.0 Å². The highest BCUT2D eigenvalue weighted by molar-refractivity contribution is 9.11. The van der Waals surface area contributed by atoms with Crippen LogP contribution < -0.4 is 29.1 Å². The Morgan fingerprint density at radius 2 is 1.76 bits per heavy atom. The summed E-state index contributed by atoms with van der Waals surface area (Å²) in [6.45, 7) is 5.49. The number of benzene rings is 3. The molecule has 1 aliphatic rings. The molecule has 1 aromatic heterocycles. The minimum Gasteiger partial charge on any atom is -0.490 e. The molecule has 3 aromatic carbocycles. The van der Waals surface area contributed by atoms with Crippen LogP contribution in [0.4, 0.5) is 0 Å². The zero-order valence-corrected chi connectivity index (χ0v) is 31.4. The van der Waals surface area contributed by atoms with Crippen LogP contribution in [-0.4, -0.2) is 43.4 Å². The van der Waals surface area contributed by atoms with E-state index in [2.05, 4.69) is 47.7 Å². The van der Waals surface area contributed by atoms with Gasteiger partial charge >= 0.3 is 11.9 Å². The third kappa shape index (κ3) is 7.85. The van der Waals surface area contributed by atoms with E-state index in [9.17, 15) is 19.6 Å². The quantitative estimate of drug-likeness (QED) is 0.164. The van der Waals surface area contributed by atoms with Crippen molar-refractivity contribution in [3.8, 4) is 23.3 Å². The maximum Gasteiger partial charge on any atom is 0.343 e. The van der Waals surface area contributed by atoms with Crippen LogP contribution in [0.5, 0.6) is 17.2 Å². The van der Waals surface area contributed by atoms with Crippen LogP contribution in [0.3, 0.4) is 0 Å². The lowest BCUT2D eigenvalue weighted by Crippen LogP contribution is -2.40. The number of rotatable bonds is 12. The molecule has 11 nitrogen and oxygen atoms in total. The monoisotopic (exact) mass is 823 g/mol. The first-order chi connectivity index (χ1) is 24.1. The van der Waals surface area contributed by atoms with Gasteiger partial charge in [-0.05, 0) is 100 Å². The Hall–Kier alpha value is -4.71. The second kappa shape index (κ2) is 16.3. The summed E-state index contributed by atoms with van der Waals surface area (Å²) in [4.78, 5) is 44.4. The zero-order chi connectivity index (χ0) is 35.9. The molecule has 0 bridgehead atoms. The number of halogens is 2. The summed E-state index contributed by atoms with van der Waals surface area (Å²) < 4.78 is 30.8. The third-order valence-corrected chi connectivity index (χ3v) is 9.66. The van der Waals surface area contributed by atoms with E-state index in [0.717, 1.165) is 5.56 Å². The number of hydrogen-bond acceptors (Lipinski definition) is 11. The molecule has 0 saturated carbocycles. The predicted molar refractivity (Wildman–Crippen MR) is 193 cm³/mol. The normalized spacial score (nSPS) is 13.9. The Balaban J connectivity index is 1.57. The molecule has 0 radical (unpaired) electrons. The van der Waals surface area contributed by atoms with Gasteiger partial charge in [0.05, 0.1) is 62.7 Å². The number of nitriles is 1. The van der Waals surface area contributed by atoms with Gasteiger partial charge < -0.3 is 23.7 Å². The van der Waals surface area contributed by atoms with Gasteiger partial charge in [0, 0.05) is 5.56 Å². The Morgan fingerprint density at radius 1 is 1.02 bits per heavy atom. The number of ether oxygens (including phenoxy) is 5. The highest BCUT2D eigenvalue weighted by Gasteiger charge is 2.34. The fraction of sp³-hybridized carbons (Fsp3) is 0.250. The van der Waals surface area contributed by atoms with E-state index in [-0.39, 0.29) is 31.0 Å². The Morgan fingerprint density at radius 3 is 2.44 bits per heavy atom. The molecule has 2 heterocycles. The molecular formula is C36H31Br2N3O8S. The van der Waals surface area contributed by atoms with E-state index < -0.39 is 18.0 Å². The van der Waals surface area contributed by atoms with Crippen LogP contribution in [0.2, 0.25) is 0 Å². The number of hydrogen-bond donors (Lipinski definition) is 0. The van der Waals surface area contributed by atoms with Gasteiger partial charge in [-0.3, -0.25) is 9.36 Å². The molecule has 1 aliphatic heterocycles. The number of methoxy groups -OCH3 is 1. The molecule has 0 amide bonds. The summed E-state index contributed by atoms with van der Waals surface area (Å²) in [6.07, 6.45) is 1.74. The largest absolute Gasteiger partial charge is 0.490 e. The predicted octanol–water partition coefficient (Wildman–Crippen LogP) is 5.72. The van der Waals surface area contributed by atoms with Crippen LogP contribution in [0.1, 0.15) is 49.1 Å². The van der Waals surface area contributed by atoms with Crippen LogP contribution in [0.25, 0.3) is 6.08 Å². The minimum absolute atomic E-state index is 0.131. The fourth-order valence-corrected chi connectivity index (χ4v) is 7.74. The van der Waals surface area contributed by atoms with Crippen LogP contribution >= 0.6 is 43.2 Å². The Labute approximate surface area is 308 Å². The van der Waals surface area contributed by atoms with Gasteiger partial charge in [0.1, 0.15) is 12.4 Å². The van der Waals surface area contributed by atoms with Gasteiger partial charge in [0.15, 0.2) is 22.9 Å². The third-order valence-electron chi connectivity index (χ3n) is 7.50. The molecule has 50 heavy (non-hydrogen) atoms. The first kappa shape index (κ1) is 36.6. The number of allylic oxidation sites excluding steroid dienone is 1. The van der Waals surface area contributed by atoms with Crippen molar-refractivity contribution in [1.29, 1.82) is 5.26 Å². The minimum atomic E-state index is -0.896. The van der Waals surface area contributed by atoms with Gasteiger partial charge in [-0.15, -0.1) is 0 Å². The van der Waals surface area contributed by atoms with E-state index in [0.29, 0.717) is 64.5 Å². The van der Waals surface area contributed by atoms with Gasteiger partial charge in [-0.2, -0.15) is 5.26 Å². The van der Waals surface area contributed by atoms with Crippen LogP contribution in [0, 0.1) is 11.3 Å². The summed E-state index contributed by atoms with van der Waals surface area (Å²) in [5.41, 5.74) is 2.79. The lowest BCUT2D eigenvalue weighted by Gasteiger charge is -2.25. The molecule has 0 fully saturated rings. The number of nitrogens with zero attached hydrogens (tertiary/aromatic N) is 3. The van der Waals surface area contributed by atoms with Crippen LogP contribution in [0.15, 0.2) is 84.6 Å². The molecule has 0 spiro atoms.